The van der Waals surface area contributed by atoms with E-state index in [1.807, 2.05) is 48.2 Å². The van der Waals surface area contributed by atoms with Gasteiger partial charge in [0.1, 0.15) is 17.5 Å². The van der Waals surface area contributed by atoms with Gasteiger partial charge in [-0.1, -0.05) is 6.07 Å². The van der Waals surface area contributed by atoms with Gasteiger partial charge in [0.15, 0.2) is 0 Å². The lowest BCUT2D eigenvalue weighted by Crippen LogP contribution is -2.31. The Labute approximate surface area is 151 Å². The van der Waals surface area contributed by atoms with Gasteiger partial charge in [-0.05, 0) is 30.7 Å². The van der Waals surface area contributed by atoms with Crippen LogP contribution >= 0.6 is 0 Å². The molecule has 0 radical (unpaired) electrons. The van der Waals surface area contributed by atoms with E-state index >= 15 is 0 Å². The second kappa shape index (κ2) is 6.71. The number of hydrogen-bond donors (Lipinski definition) is 1. The van der Waals surface area contributed by atoms with Gasteiger partial charge in [0, 0.05) is 42.2 Å². The van der Waals surface area contributed by atoms with E-state index in [0.29, 0.717) is 24.7 Å². The summed E-state index contributed by atoms with van der Waals surface area (Å²) in [5, 5.41) is 0.991. The fourth-order valence-electron chi connectivity index (χ4n) is 3.22. The minimum absolute atomic E-state index is 0.0110. The summed E-state index contributed by atoms with van der Waals surface area (Å²) in [6.45, 7) is 3.23. The van der Waals surface area contributed by atoms with Crippen molar-refractivity contribution in [3.05, 3.63) is 53.9 Å². The number of methoxy groups -OCH3 is 1. The number of rotatable bonds is 4. The first-order valence-corrected chi connectivity index (χ1v) is 8.68. The highest BCUT2D eigenvalue weighted by atomic mass is 16.5. The molecule has 26 heavy (non-hydrogen) atoms. The standard InChI is InChI=1S/C20H21N3O3/c1-13-3-6-19(21-11-13)26-16-7-8-23(12-16)20(24)18-9-14-4-5-15(25-2)10-17(14)22-18/h3-6,9-11,16,22H,7-8,12H2,1-2H3/t16-/m1/s1. The zero-order chi connectivity index (χ0) is 18.1. The van der Waals surface area contributed by atoms with Crippen LogP contribution in [0.2, 0.25) is 0 Å². The molecule has 134 valence electrons. The SMILES string of the molecule is COc1ccc2cc(C(=O)N3CC[C@@H](Oc4ccc(C)cn4)C3)[nH]c2c1. The number of carbonyl (C=O) groups excluding carboxylic acids is 1. The molecule has 2 aromatic heterocycles. The normalized spacial score (nSPS) is 16.8. The highest BCUT2D eigenvalue weighted by molar-refractivity contribution is 5.98. The second-order valence-electron chi connectivity index (χ2n) is 6.59. The molecule has 3 aromatic rings. The number of fused-ring (bicyclic) bond motifs is 1. The first-order valence-electron chi connectivity index (χ1n) is 8.68. The Morgan fingerprint density at radius 1 is 1.27 bits per heavy atom. The minimum atomic E-state index is -0.0290. The summed E-state index contributed by atoms with van der Waals surface area (Å²) >= 11 is 0. The van der Waals surface area contributed by atoms with Crippen molar-refractivity contribution in [3.63, 3.8) is 0 Å². The van der Waals surface area contributed by atoms with E-state index < -0.39 is 0 Å². The summed E-state index contributed by atoms with van der Waals surface area (Å²) < 4.78 is 11.1. The van der Waals surface area contributed by atoms with Crippen LogP contribution in [0.5, 0.6) is 11.6 Å². The third-order valence-electron chi connectivity index (χ3n) is 4.66. The Bertz CT molecular complexity index is 933. The van der Waals surface area contributed by atoms with E-state index in [4.69, 9.17) is 9.47 Å². The molecule has 0 spiro atoms. The van der Waals surface area contributed by atoms with Gasteiger partial charge in [0.05, 0.1) is 13.7 Å². The molecule has 1 amide bonds. The molecule has 0 saturated carbocycles. The van der Waals surface area contributed by atoms with Gasteiger partial charge in [-0.15, -0.1) is 0 Å². The molecule has 0 unspecified atom stereocenters. The van der Waals surface area contributed by atoms with E-state index in [0.717, 1.165) is 28.6 Å². The number of aromatic amines is 1. The number of hydrogen-bond acceptors (Lipinski definition) is 4. The molecule has 1 atom stereocenters. The number of aryl methyl sites for hydroxylation is 1. The zero-order valence-corrected chi connectivity index (χ0v) is 14.9. The van der Waals surface area contributed by atoms with Gasteiger partial charge in [0.25, 0.3) is 5.91 Å². The number of nitrogens with one attached hydrogen (secondary N) is 1. The molecule has 4 rings (SSSR count). The van der Waals surface area contributed by atoms with Gasteiger partial charge in [-0.25, -0.2) is 4.98 Å². The fourth-order valence-corrected chi connectivity index (χ4v) is 3.22. The van der Waals surface area contributed by atoms with Gasteiger partial charge < -0.3 is 19.4 Å². The number of amides is 1. The van der Waals surface area contributed by atoms with E-state index in [-0.39, 0.29) is 12.0 Å². The largest absolute Gasteiger partial charge is 0.497 e. The Balaban J connectivity index is 1.44. The number of pyridine rings is 1. The maximum atomic E-state index is 12.8. The number of carbonyl (C=O) groups is 1. The summed E-state index contributed by atoms with van der Waals surface area (Å²) in [7, 11) is 1.63. The number of aromatic nitrogens is 2. The predicted molar refractivity (Wildman–Crippen MR) is 98.8 cm³/mol. The third kappa shape index (κ3) is 3.22. The van der Waals surface area contributed by atoms with Crippen LogP contribution in [0.3, 0.4) is 0 Å². The average molecular weight is 351 g/mol. The molecular weight excluding hydrogens is 330 g/mol. The van der Waals surface area contributed by atoms with E-state index in [1.165, 1.54) is 0 Å². The quantitative estimate of drug-likeness (QED) is 0.784. The molecule has 6 heteroatoms. The predicted octanol–water partition coefficient (Wildman–Crippen LogP) is 3.17. The van der Waals surface area contributed by atoms with Crippen LogP contribution in [-0.4, -0.2) is 47.1 Å². The molecule has 1 saturated heterocycles. The van der Waals surface area contributed by atoms with Crippen LogP contribution in [-0.2, 0) is 0 Å². The minimum Gasteiger partial charge on any atom is -0.497 e. The van der Waals surface area contributed by atoms with Crippen molar-refractivity contribution in [1.82, 2.24) is 14.9 Å². The smallest absolute Gasteiger partial charge is 0.270 e. The lowest BCUT2D eigenvalue weighted by molar-refractivity contribution is 0.0766. The van der Waals surface area contributed by atoms with Gasteiger partial charge in [-0.2, -0.15) is 0 Å². The molecule has 1 aliphatic rings. The van der Waals surface area contributed by atoms with Crippen LogP contribution in [0.25, 0.3) is 10.9 Å². The van der Waals surface area contributed by atoms with Crippen LogP contribution < -0.4 is 9.47 Å². The maximum absolute atomic E-state index is 12.8. The van der Waals surface area contributed by atoms with E-state index in [9.17, 15) is 4.79 Å². The van der Waals surface area contributed by atoms with Crippen molar-refractivity contribution in [2.75, 3.05) is 20.2 Å². The topological polar surface area (TPSA) is 67.4 Å². The summed E-state index contributed by atoms with van der Waals surface area (Å²) in [6.07, 6.45) is 2.56. The Morgan fingerprint density at radius 2 is 2.15 bits per heavy atom. The van der Waals surface area contributed by atoms with Crippen molar-refractivity contribution in [2.24, 2.45) is 0 Å². The zero-order valence-electron chi connectivity index (χ0n) is 14.9. The fraction of sp³-hybridized carbons (Fsp3) is 0.300. The maximum Gasteiger partial charge on any atom is 0.270 e. The van der Waals surface area contributed by atoms with Crippen LogP contribution in [0.4, 0.5) is 0 Å². The highest BCUT2D eigenvalue weighted by Gasteiger charge is 2.29. The van der Waals surface area contributed by atoms with Crippen molar-refractivity contribution in [2.45, 2.75) is 19.4 Å². The van der Waals surface area contributed by atoms with Crippen molar-refractivity contribution < 1.29 is 14.3 Å². The molecule has 6 nitrogen and oxygen atoms in total. The van der Waals surface area contributed by atoms with Gasteiger partial charge in [-0.3, -0.25) is 4.79 Å². The van der Waals surface area contributed by atoms with E-state index in [2.05, 4.69) is 9.97 Å². The average Bonchev–Trinajstić information content (AvgIpc) is 3.29. The lowest BCUT2D eigenvalue weighted by atomic mass is 10.2. The first-order chi connectivity index (χ1) is 12.6. The van der Waals surface area contributed by atoms with Gasteiger partial charge in [0.2, 0.25) is 5.88 Å². The molecule has 1 fully saturated rings. The summed E-state index contributed by atoms with van der Waals surface area (Å²) in [4.78, 5) is 22.1. The summed E-state index contributed by atoms with van der Waals surface area (Å²) in [5.74, 6) is 1.36. The molecule has 3 heterocycles. The van der Waals surface area contributed by atoms with Crippen molar-refractivity contribution in [3.8, 4) is 11.6 Å². The highest BCUT2D eigenvalue weighted by Crippen LogP contribution is 2.23. The monoisotopic (exact) mass is 351 g/mol. The van der Waals surface area contributed by atoms with Crippen LogP contribution in [0.1, 0.15) is 22.5 Å². The molecule has 0 bridgehead atoms. The molecule has 1 aromatic carbocycles. The lowest BCUT2D eigenvalue weighted by Gasteiger charge is -2.16. The third-order valence-corrected chi connectivity index (χ3v) is 4.66. The molecule has 1 aliphatic heterocycles. The Kier molecular flexibility index (Phi) is 4.24. The number of nitrogens with zero attached hydrogens (tertiary/aromatic N) is 2. The van der Waals surface area contributed by atoms with E-state index in [1.54, 1.807) is 13.3 Å². The number of H-pyrrole nitrogens is 1. The van der Waals surface area contributed by atoms with Crippen LogP contribution in [0, 0.1) is 6.92 Å². The van der Waals surface area contributed by atoms with Crippen molar-refractivity contribution >= 4 is 16.8 Å². The van der Waals surface area contributed by atoms with Gasteiger partial charge >= 0.3 is 0 Å². The Morgan fingerprint density at radius 3 is 2.92 bits per heavy atom. The molecule has 1 N–H and O–H groups in total. The summed E-state index contributed by atoms with van der Waals surface area (Å²) in [5.41, 5.74) is 2.57. The number of ether oxygens (including phenoxy) is 2. The summed E-state index contributed by atoms with van der Waals surface area (Å²) in [6, 6.07) is 11.4. The number of likely N-dealkylation sites (tertiary alicyclic amines) is 1. The molecular formula is C20H21N3O3. The van der Waals surface area contributed by atoms with Crippen LogP contribution in [0.15, 0.2) is 42.6 Å². The Hall–Kier alpha value is -3.02. The second-order valence-corrected chi connectivity index (χ2v) is 6.59. The first kappa shape index (κ1) is 16.4. The molecule has 0 aliphatic carbocycles. The van der Waals surface area contributed by atoms with Crippen molar-refractivity contribution in [1.29, 1.82) is 0 Å². The number of benzene rings is 1.